The fourth-order valence-electron chi connectivity index (χ4n) is 3.08. The van der Waals surface area contributed by atoms with Gasteiger partial charge in [-0.3, -0.25) is 4.90 Å². The van der Waals surface area contributed by atoms with Gasteiger partial charge in [0.15, 0.2) is 0 Å². The second kappa shape index (κ2) is 7.55. The van der Waals surface area contributed by atoms with Gasteiger partial charge in [0.2, 0.25) is 0 Å². The van der Waals surface area contributed by atoms with E-state index < -0.39 is 5.63 Å². The number of benzene rings is 1. The predicted molar refractivity (Wildman–Crippen MR) is 93.9 cm³/mol. The number of unbranched alkanes of at least 4 members (excludes halogenated alkanes) is 1. The molecular weight excluding hydrogens is 330 g/mol. The number of aryl methyl sites for hydroxylation is 1. The summed E-state index contributed by atoms with van der Waals surface area (Å²) < 4.78 is 10.8. The van der Waals surface area contributed by atoms with E-state index in [4.69, 9.17) is 20.8 Å². The quantitative estimate of drug-likeness (QED) is 0.837. The molecule has 1 aliphatic rings. The maximum atomic E-state index is 12.0. The Morgan fingerprint density at radius 3 is 2.75 bits per heavy atom. The Balaban J connectivity index is 2.10. The molecule has 5 nitrogen and oxygen atoms in total. The molecule has 1 fully saturated rings. The van der Waals surface area contributed by atoms with Crippen LogP contribution in [0.15, 0.2) is 21.3 Å². The van der Waals surface area contributed by atoms with Gasteiger partial charge in [-0.2, -0.15) is 0 Å². The normalized spacial score (nSPS) is 15.9. The standard InChI is InChI=1S/C18H22ClNO4/c1-2-3-4-12-9-16(21)24-18-13(12)10-15(19)17(22)14(18)11-20-5-7-23-8-6-20/h9-10,22H,2-8,11H2,1H3. The molecular formula is C18H22ClNO4. The van der Waals surface area contributed by atoms with Gasteiger partial charge in [-0.25, -0.2) is 4.79 Å². The van der Waals surface area contributed by atoms with Crippen LogP contribution in [-0.4, -0.2) is 36.3 Å². The zero-order chi connectivity index (χ0) is 17.1. The van der Waals surface area contributed by atoms with E-state index in [1.807, 2.05) is 0 Å². The van der Waals surface area contributed by atoms with Crippen molar-refractivity contribution in [3.05, 3.63) is 38.7 Å². The summed E-state index contributed by atoms with van der Waals surface area (Å²) >= 11 is 6.24. The minimum absolute atomic E-state index is 0.00792. The van der Waals surface area contributed by atoms with Crippen LogP contribution < -0.4 is 5.63 Å². The molecule has 0 aliphatic carbocycles. The Morgan fingerprint density at radius 2 is 2.04 bits per heavy atom. The fourth-order valence-corrected chi connectivity index (χ4v) is 3.31. The summed E-state index contributed by atoms with van der Waals surface area (Å²) in [5.41, 5.74) is 1.56. The highest BCUT2D eigenvalue weighted by Gasteiger charge is 2.20. The first kappa shape index (κ1) is 17.3. The highest BCUT2D eigenvalue weighted by atomic mass is 35.5. The first-order valence-corrected chi connectivity index (χ1v) is 8.75. The van der Waals surface area contributed by atoms with Crippen molar-refractivity contribution >= 4 is 22.6 Å². The first-order valence-electron chi connectivity index (χ1n) is 8.37. The SMILES string of the molecule is CCCCc1cc(=O)oc2c(CN3CCOCC3)c(O)c(Cl)cc12. The minimum Gasteiger partial charge on any atom is -0.506 e. The number of fused-ring (bicyclic) bond motifs is 1. The number of nitrogens with zero attached hydrogens (tertiary/aromatic N) is 1. The van der Waals surface area contributed by atoms with Crippen LogP contribution in [-0.2, 0) is 17.7 Å². The molecule has 1 N–H and O–H groups in total. The van der Waals surface area contributed by atoms with Crippen LogP contribution in [0.25, 0.3) is 11.0 Å². The van der Waals surface area contributed by atoms with Crippen LogP contribution in [0.4, 0.5) is 0 Å². The maximum absolute atomic E-state index is 12.0. The molecule has 1 aromatic carbocycles. The van der Waals surface area contributed by atoms with Crippen LogP contribution in [0.5, 0.6) is 5.75 Å². The summed E-state index contributed by atoms with van der Waals surface area (Å²) in [5, 5.41) is 11.5. The highest BCUT2D eigenvalue weighted by Crippen LogP contribution is 2.36. The Bertz CT molecular complexity index is 781. The zero-order valence-corrected chi connectivity index (χ0v) is 14.6. The number of aromatic hydroxyl groups is 1. The number of halogens is 1. The van der Waals surface area contributed by atoms with Gasteiger partial charge in [-0.05, 0) is 24.5 Å². The molecule has 1 aliphatic heterocycles. The third kappa shape index (κ3) is 3.58. The van der Waals surface area contributed by atoms with Crippen molar-refractivity contribution in [2.24, 2.45) is 0 Å². The summed E-state index contributed by atoms with van der Waals surface area (Å²) in [4.78, 5) is 14.2. The lowest BCUT2D eigenvalue weighted by Crippen LogP contribution is -2.35. The Labute approximate surface area is 145 Å². The molecule has 3 rings (SSSR count). The molecule has 0 spiro atoms. The Hall–Kier alpha value is -1.56. The molecule has 24 heavy (non-hydrogen) atoms. The van der Waals surface area contributed by atoms with Gasteiger partial charge in [-0.1, -0.05) is 24.9 Å². The van der Waals surface area contributed by atoms with E-state index >= 15 is 0 Å². The number of phenolic OH excluding ortho intramolecular Hbond substituents is 1. The van der Waals surface area contributed by atoms with Crippen molar-refractivity contribution in [2.75, 3.05) is 26.3 Å². The van der Waals surface area contributed by atoms with E-state index in [2.05, 4.69) is 11.8 Å². The lowest BCUT2D eigenvalue weighted by Gasteiger charge is -2.27. The zero-order valence-electron chi connectivity index (χ0n) is 13.8. The largest absolute Gasteiger partial charge is 0.506 e. The molecule has 2 aromatic rings. The van der Waals surface area contributed by atoms with Crippen LogP contribution in [0, 0.1) is 0 Å². The monoisotopic (exact) mass is 351 g/mol. The van der Waals surface area contributed by atoms with Gasteiger partial charge < -0.3 is 14.3 Å². The molecule has 0 atom stereocenters. The third-order valence-electron chi connectivity index (χ3n) is 4.43. The Morgan fingerprint density at radius 1 is 1.29 bits per heavy atom. The molecule has 1 aromatic heterocycles. The molecule has 1 saturated heterocycles. The van der Waals surface area contributed by atoms with Gasteiger partial charge in [0.25, 0.3) is 0 Å². The lowest BCUT2D eigenvalue weighted by atomic mass is 10.0. The number of morpholine rings is 1. The van der Waals surface area contributed by atoms with Gasteiger partial charge in [0, 0.05) is 31.1 Å². The molecule has 0 amide bonds. The van der Waals surface area contributed by atoms with Crippen molar-refractivity contribution in [2.45, 2.75) is 32.7 Å². The van der Waals surface area contributed by atoms with Crippen molar-refractivity contribution in [3.63, 3.8) is 0 Å². The Kier molecular flexibility index (Phi) is 5.43. The van der Waals surface area contributed by atoms with Crippen LogP contribution in [0.3, 0.4) is 0 Å². The number of hydrogen-bond acceptors (Lipinski definition) is 5. The number of phenols is 1. The summed E-state index contributed by atoms with van der Waals surface area (Å²) in [6.45, 7) is 5.44. The maximum Gasteiger partial charge on any atom is 0.336 e. The predicted octanol–water partition coefficient (Wildman–Crippen LogP) is 3.33. The van der Waals surface area contributed by atoms with Crippen LogP contribution in [0.1, 0.15) is 30.9 Å². The van der Waals surface area contributed by atoms with Crippen molar-refractivity contribution < 1.29 is 14.3 Å². The summed E-state index contributed by atoms with van der Waals surface area (Å²) in [7, 11) is 0. The fraction of sp³-hybridized carbons (Fsp3) is 0.500. The van der Waals surface area contributed by atoms with E-state index in [1.165, 1.54) is 6.07 Å². The smallest absolute Gasteiger partial charge is 0.336 e. The van der Waals surface area contributed by atoms with Crippen molar-refractivity contribution in [1.82, 2.24) is 4.90 Å². The molecule has 6 heteroatoms. The molecule has 130 valence electrons. The molecule has 2 heterocycles. The third-order valence-corrected chi connectivity index (χ3v) is 4.72. The van der Waals surface area contributed by atoms with E-state index in [-0.39, 0.29) is 10.8 Å². The average Bonchev–Trinajstić information content (AvgIpc) is 2.58. The van der Waals surface area contributed by atoms with E-state index in [1.54, 1.807) is 6.07 Å². The number of ether oxygens (including phenoxy) is 1. The summed E-state index contributed by atoms with van der Waals surface area (Å²) in [5.74, 6) is -0.00792. The van der Waals surface area contributed by atoms with Gasteiger partial charge in [0.05, 0.1) is 23.8 Å². The molecule has 0 unspecified atom stereocenters. The summed E-state index contributed by atoms with van der Waals surface area (Å²) in [6, 6.07) is 3.23. The molecule has 0 saturated carbocycles. The van der Waals surface area contributed by atoms with Gasteiger partial charge >= 0.3 is 5.63 Å². The second-order valence-electron chi connectivity index (χ2n) is 6.14. The van der Waals surface area contributed by atoms with Crippen LogP contribution >= 0.6 is 11.6 Å². The number of rotatable bonds is 5. The molecule has 0 radical (unpaired) electrons. The van der Waals surface area contributed by atoms with E-state index in [0.717, 1.165) is 43.3 Å². The van der Waals surface area contributed by atoms with E-state index in [0.29, 0.717) is 30.9 Å². The van der Waals surface area contributed by atoms with Crippen molar-refractivity contribution in [3.8, 4) is 5.75 Å². The highest BCUT2D eigenvalue weighted by molar-refractivity contribution is 6.33. The van der Waals surface area contributed by atoms with Gasteiger partial charge in [0.1, 0.15) is 11.3 Å². The average molecular weight is 352 g/mol. The summed E-state index contributed by atoms with van der Waals surface area (Å²) in [6.07, 6.45) is 2.81. The van der Waals surface area contributed by atoms with Gasteiger partial charge in [-0.15, -0.1) is 0 Å². The topological polar surface area (TPSA) is 62.9 Å². The lowest BCUT2D eigenvalue weighted by molar-refractivity contribution is 0.0339. The van der Waals surface area contributed by atoms with E-state index in [9.17, 15) is 9.90 Å². The van der Waals surface area contributed by atoms with Crippen molar-refractivity contribution in [1.29, 1.82) is 0 Å². The second-order valence-corrected chi connectivity index (χ2v) is 6.55. The first-order chi connectivity index (χ1) is 11.6. The minimum atomic E-state index is -0.390. The molecule has 0 bridgehead atoms. The number of hydrogen-bond donors (Lipinski definition) is 1. The van der Waals surface area contributed by atoms with Crippen LogP contribution in [0.2, 0.25) is 5.02 Å².